The van der Waals surface area contributed by atoms with E-state index in [4.69, 9.17) is 9.78 Å². The summed E-state index contributed by atoms with van der Waals surface area (Å²) >= 11 is 1.81. The normalized spacial score (nSPS) is 18.7. The van der Waals surface area contributed by atoms with Crippen molar-refractivity contribution < 1.29 is 4.52 Å². The van der Waals surface area contributed by atoms with Crippen LogP contribution in [0.15, 0.2) is 28.8 Å². The van der Waals surface area contributed by atoms with Crippen LogP contribution < -0.4 is 5.32 Å². The van der Waals surface area contributed by atoms with Crippen molar-refractivity contribution in [1.82, 2.24) is 15.5 Å². The molecule has 6 heteroatoms. The first-order valence-corrected chi connectivity index (χ1v) is 6.67. The van der Waals surface area contributed by atoms with Gasteiger partial charge in [-0.3, -0.25) is 5.32 Å². The van der Waals surface area contributed by atoms with Gasteiger partial charge in [-0.25, -0.2) is 0 Å². The minimum atomic E-state index is 0.135. The van der Waals surface area contributed by atoms with E-state index in [2.05, 4.69) is 21.5 Å². The lowest BCUT2D eigenvalue weighted by atomic mass is 10.1. The van der Waals surface area contributed by atoms with Crippen LogP contribution in [0.25, 0.3) is 11.4 Å². The molecule has 0 aliphatic carbocycles. The summed E-state index contributed by atoms with van der Waals surface area (Å²) in [6, 6.07) is 9.42. The van der Waals surface area contributed by atoms with Gasteiger partial charge >= 0.3 is 0 Å². The lowest BCUT2D eigenvalue weighted by molar-refractivity contribution is 0.351. The maximum absolute atomic E-state index is 8.86. The van der Waals surface area contributed by atoms with Crippen molar-refractivity contribution in [3.63, 3.8) is 0 Å². The number of aromatic nitrogens is 2. The van der Waals surface area contributed by atoms with Crippen molar-refractivity contribution in [2.45, 2.75) is 6.04 Å². The molecule has 0 spiro atoms. The highest BCUT2D eigenvalue weighted by atomic mass is 32.2. The summed E-state index contributed by atoms with van der Waals surface area (Å²) in [5, 5.41) is 16.1. The average molecular weight is 258 g/mol. The van der Waals surface area contributed by atoms with E-state index < -0.39 is 0 Å². The summed E-state index contributed by atoms with van der Waals surface area (Å²) in [6.07, 6.45) is 0. The second kappa shape index (κ2) is 4.80. The Morgan fingerprint density at radius 1 is 1.50 bits per heavy atom. The first-order chi connectivity index (χ1) is 8.86. The smallest absolute Gasteiger partial charge is 0.244 e. The lowest BCUT2D eigenvalue weighted by Gasteiger charge is -2.00. The molecule has 2 aromatic rings. The highest BCUT2D eigenvalue weighted by Crippen LogP contribution is 2.25. The first-order valence-electron chi connectivity index (χ1n) is 5.52. The van der Waals surface area contributed by atoms with Gasteiger partial charge in [-0.15, -0.1) is 11.8 Å². The predicted octanol–water partition coefficient (Wildman–Crippen LogP) is 1.94. The van der Waals surface area contributed by atoms with E-state index in [-0.39, 0.29) is 6.04 Å². The zero-order valence-electron chi connectivity index (χ0n) is 9.46. The van der Waals surface area contributed by atoms with Gasteiger partial charge in [0, 0.05) is 17.2 Å². The third-order valence-electron chi connectivity index (χ3n) is 2.71. The second-order valence-electron chi connectivity index (χ2n) is 3.92. The molecular formula is C12H10N4OS. The monoisotopic (exact) mass is 258 g/mol. The molecule has 18 heavy (non-hydrogen) atoms. The van der Waals surface area contributed by atoms with Crippen molar-refractivity contribution in [2.24, 2.45) is 0 Å². The second-order valence-corrected chi connectivity index (χ2v) is 4.95. The number of thioether (sulfide) groups is 1. The van der Waals surface area contributed by atoms with E-state index in [0.717, 1.165) is 17.2 Å². The highest BCUT2D eigenvalue weighted by molar-refractivity contribution is 7.99. The standard InChI is InChI=1S/C12H10N4OS/c13-5-8-2-1-3-9(4-8)11-15-12(17-16-11)10-6-18-7-14-10/h1-4,10,14H,6-7H2. The Morgan fingerprint density at radius 2 is 2.44 bits per heavy atom. The van der Waals surface area contributed by atoms with Crippen molar-refractivity contribution in [1.29, 1.82) is 5.26 Å². The topological polar surface area (TPSA) is 74.7 Å². The lowest BCUT2D eigenvalue weighted by Crippen LogP contribution is -2.14. The van der Waals surface area contributed by atoms with Crippen molar-refractivity contribution in [3.8, 4) is 17.5 Å². The van der Waals surface area contributed by atoms with E-state index in [1.54, 1.807) is 23.9 Å². The highest BCUT2D eigenvalue weighted by Gasteiger charge is 2.23. The molecule has 1 aromatic heterocycles. The van der Waals surface area contributed by atoms with Gasteiger partial charge in [0.05, 0.1) is 17.7 Å². The molecule has 1 aliphatic heterocycles. The van der Waals surface area contributed by atoms with Crippen molar-refractivity contribution in [2.75, 3.05) is 11.6 Å². The summed E-state index contributed by atoms with van der Waals surface area (Å²) in [4.78, 5) is 4.37. The zero-order chi connectivity index (χ0) is 12.4. The first kappa shape index (κ1) is 11.3. The van der Waals surface area contributed by atoms with Gasteiger partial charge in [0.2, 0.25) is 11.7 Å². The fraction of sp³-hybridized carbons (Fsp3) is 0.250. The van der Waals surface area contributed by atoms with E-state index in [1.807, 2.05) is 12.1 Å². The number of hydrogen-bond donors (Lipinski definition) is 1. The SMILES string of the molecule is N#Cc1cccc(-c2noc(C3CSCN3)n2)c1. The molecule has 1 saturated heterocycles. The van der Waals surface area contributed by atoms with Gasteiger partial charge in [-0.1, -0.05) is 17.3 Å². The molecule has 1 atom stereocenters. The van der Waals surface area contributed by atoms with Crippen LogP contribution in [0, 0.1) is 11.3 Å². The molecule has 1 unspecified atom stereocenters. The number of nitrogens with one attached hydrogen (secondary N) is 1. The Bertz CT molecular complexity index is 598. The van der Waals surface area contributed by atoms with Crippen LogP contribution in [0.1, 0.15) is 17.5 Å². The number of benzene rings is 1. The van der Waals surface area contributed by atoms with Gasteiger partial charge < -0.3 is 4.52 Å². The van der Waals surface area contributed by atoms with Gasteiger partial charge in [0.25, 0.3) is 0 Å². The molecule has 1 fully saturated rings. The Labute approximate surface area is 108 Å². The fourth-order valence-corrected chi connectivity index (χ4v) is 2.71. The minimum absolute atomic E-state index is 0.135. The molecule has 0 radical (unpaired) electrons. The third-order valence-corrected chi connectivity index (χ3v) is 3.65. The van der Waals surface area contributed by atoms with E-state index in [1.165, 1.54) is 0 Å². The maximum Gasteiger partial charge on any atom is 0.244 e. The summed E-state index contributed by atoms with van der Waals surface area (Å²) in [5.41, 5.74) is 1.39. The summed E-state index contributed by atoms with van der Waals surface area (Å²) in [5.74, 6) is 2.99. The number of hydrogen-bond acceptors (Lipinski definition) is 6. The van der Waals surface area contributed by atoms with Crippen molar-refractivity contribution in [3.05, 3.63) is 35.7 Å². The Balaban J connectivity index is 1.90. The van der Waals surface area contributed by atoms with Crippen LogP contribution >= 0.6 is 11.8 Å². The average Bonchev–Trinajstić information content (AvgIpc) is 3.09. The predicted molar refractivity (Wildman–Crippen MR) is 67.7 cm³/mol. The van der Waals surface area contributed by atoms with E-state index in [0.29, 0.717) is 17.3 Å². The minimum Gasteiger partial charge on any atom is -0.337 e. The van der Waals surface area contributed by atoms with Crippen LogP contribution in [-0.4, -0.2) is 21.8 Å². The molecular weight excluding hydrogens is 248 g/mol. The molecule has 5 nitrogen and oxygen atoms in total. The van der Waals surface area contributed by atoms with E-state index in [9.17, 15) is 0 Å². The number of nitrogens with zero attached hydrogens (tertiary/aromatic N) is 3. The molecule has 0 bridgehead atoms. The molecule has 1 N–H and O–H groups in total. The summed E-state index contributed by atoms with van der Waals surface area (Å²) in [7, 11) is 0. The molecule has 3 rings (SSSR count). The van der Waals surface area contributed by atoms with Crippen LogP contribution in [0.3, 0.4) is 0 Å². The third kappa shape index (κ3) is 2.10. The van der Waals surface area contributed by atoms with E-state index >= 15 is 0 Å². The van der Waals surface area contributed by atoms with Gasteiger partial charge in [-0.2, -0.15) is 10.2 Å². The van der Waals surface area contributed by atoms with Gasteiger partial charge in [-0.05, 0) is 12.1 Å². The van der Waals surface area contributed by atoms with Gasteiger partial charge in [0.15, 0.2) is 0 Å². The Morgan fingerprint density at radius 3 is 3.22 bits per heavy atom. The molecule has 0 saturated carbocycles. The van der Waals surface area contributed by atoms with Crippen molar-refractivity contribution >= 4 is 11.8 Å². The number of nitriles is 1. The largest absolute Gasteiger partial charge is 0.337 e. The van der Waals surface area contributed by atoms with Crippen LogP contribution in [0.5, 0.6) is 0 Å². The zero-order valence-corrected chi connectivity index (χ0v) is 10.3. The Kier molecular flexibility index (Phi) is 3.00. The van der Waals surface area contributed by atoms with Crippen LogP contribution in [0.4, 0.5) is 0 Å². The van der Waals surface area contributed by atoms with Crippen LogP contribution in [0.2, 0.25) is 0 Å². The summed E-state index contributed by atoms with van der Waals surface area (Å²) in [6.45, 7) is 0. The molecule has 2 heterocycles. The fourth-order valence-electron chi connectivity index (χ4n) is 1.78. The molecule has 0 amide bonds. The quantitative estimate of drug-likeness (QED) is 0.887. The molecule has 90 valence electrons. The molecule has 1 aromatic carbocycles. The maximum atomic E-state index is 8.86. The summed E-state index contributed by atoms with van der Waals surface area (Å²) < 4.78 is 5.26. The number of rotatable bonds is 2. The Hall–Kier alpha value is -1.84. The van der Waals surface area contributed by atoms with Gasteiger partial charge in [0.1, 0.15) is 0 Å². The van der Waals surface area contributed by atoms with Crippen LogP contribution in [-0.2, 0) is 0 Å². The molecule has 1 aliphatic rings.